The second kappa shape index (κ2) is 5.99. The smallest absolute Gasteiger partial charge is 0.416 e. The van der Waals surface area contributed by atoms with Gasteiger partial charge in [-0.3, -0.25) is 0 Å². The average molecular weight is 340 g/mol. The summed E-state index contributed by atoms with van der Waals surface area (Å²) >= 11 is 1.07. The Morgan fingerprint density at radius 3 is 2.61 bits per heavy atom. The molecule has 0 aliphatic carbocycles. The summed E-state index contributed by atoms with van der Waals surface area (Å²) in [7, 11) is 0. The topological polar surface area (TPSA) is 69.9 Å². The van der Waals surface area contributed by atoms with Crippen LogP contribution in [0, 0.1) is 0 Å². The number of nitrogen functional groups attached to an aromatic ring is 1. The Kier molecular flexibility index (Phi) is 4.03. The Balaban J connectivity index is 1.80. The SMILES string of the molecule is Nn1c(SCc2ccccc2C(F)(F)F)nnc1-c1ccco1. The highest BCUT2D eigenvalue weighted by atomic mass is 32.2. The van der Waals surface area contributed by atoms with Gasteiger partial charge in [-0.1, -0.05) is 30.0 Å². The molecular formula is C14H11F3N4OS. The zero-order chi connectivity index (χ0) is 16.4. The molecular weight excluding hydrogens is 329 g/mol. The summed E-state index contributed by atoms with van der Waals surface area (Å²) < 4.78 is 45.3. The van der Waals surface area contributed by atoms with Crippen LogP contribution in [0.15, 0.2) is 52.2 Å². The van der Waals surface area contributed by atoms with Crippen LogP contribution >= 0.6 is 11.8 Å². The molecule has 23 heavy (non-hydrogen) atoms. The minimum absolute atomic E-state index is 0.0726. The monoisotopic (exact) mass is 340 g/mol. The predicted molar refractivity (Wildman–Crippen MR) is 78.9 cm³/mol. The van der Waals surface area contributed by atoms with Gasteiger partial charge < -0.3 is 10.3 Å². The van der Waals surface area contributed by atoms with Crippen molar-refractivity contribution in [1.82, 2.24) is 14.9 Å². The molecule has 0 radical (unpaired) electrons. The lowest BCUT2D eigenvalue weighted by Crippen LogP contribution is -2.12. The number of aromatic nitrogens is 3. The molecule has 3 rings (SSSR count). The van der Waals surface area contributed by atoms with Crippen LogP contribution in [0.25, 0.3) is 11.6 Å². The first kappa shape index (κ1) is 15.5. The molecule has 1 aromatic carbocycles. The Hall–Kier alpha value is -2.42. The normalized spacial score (nSPS) is 11.8. The highest BCUT2D eigenvalue weighted by Crippen LogP contribution is 2.34. The van der Waals surface area contributed by atoms with E-state index in [1.165, 1.54) is 23.1 Å². The molecule has 0 saturated heterocycles. The van der Waals surface area contributed by atoms with E-state index in [1.807, 2.05) is 0 Å². The first-order valence-corrected chi connectivity index (χ1v) is 7.47. The van der Waals surface area contributed by atoms with E-state index in [9.17, 15) is 13.2 Å². The number of halogens is 3. The molecule has 0 bridgehead atoms. The van der Waals surface area contributed by atoms with Crippen molar-refractivity contribution in [2.75, 3.05) is 5.84 Å². The van der Waals surface area contributed by atoms with Crippen LogP contribution in [0.1, 0.15) is 11.1 Å². The molecule has 2 N–H and O–H groups in total. The number of rotatable bonds is 4. The summed E-state index contributed by atoms with van der Waals surface area (Å²) in [5.41, 5.74) is -0.505. The van der Waals surface area contributed by atoms with Crippen LogP contribution in [0.4, 0.5) is 13.2 Å². The van der Waals surface area contributed by atoms with Crippen molar-refractivity contribution in [1.29, 1.82) is 0 Å². The number of nitrogens with two attached hydrogens (primary N) is 1. The largest absolute Gasteiger partial charge is 0.461 e. The van der Waals surface area contributed by atoms with E-state index in [-0.39, 0.29) is 11.3 Å². The summed E-state index contributed by atoms with van der Waals surface area (Å²) in [4.78, 5) is 0. The molecule has 0 fully saturated rings. The molecule has 0 spiro atoms. The minimum Gasteiger partial charge on any atom is -0.461 e. The van der Waals surface area contributed by atoms with Crippen LogP contribution < -0.4 is 5.84 Å². The number of benzene rings is 1. The third kappa shape index (κ3) is 3.19. The number of hydrogen-bond donors (Lipinski definition) is 1. The number of thioether (sulfide) groups is 1. The molecule has 0 unspecified atom stereocenters. The Morgan fingerprint density at radius 2 is 1.91 bits per heavy atom. The van der Waals surface area contributed by atoms with Gasteiger partial charge in [0.1, 0.15) is 0 Å². The molecule has 9 heteroatoms. The fourth-order valence-electron chi connectivity index (χ4n) is 2.01. The molecule has 120 valence electrons. The van der Waals surface area contributed by atoms with Crippen LogP contribution in [-0.2, 0) is 11.9 Å². The molecule has 2 aromatic heterocycles. The van der Waals surface area contributed by atoms with E-state index in [2.05, 4.69) is 10.2 Å². The van der Waals surface area contributed by atoms with Crippen molar-refractivity contribution >= 4 is 11.8 Å². The maximum Gasteiger partial charge on any atom is 0.416 e. The maximum atomic E-state index is 13.0. The summed E-state index contributed by atoms with van der Waals surface area (Å²) in [5, 5.41) is 8.08. The van der Waals surface area contributed by atoms with Crippen molar-refractivity contribution in [3.05, 3.63) is 53.8 Å². The van der Waals surface area contributed by atoms with Crippen molar-refractivity contribution in [3.63, 3.8) is 0 Å². The van der Waals surface area contributed by atoms with E-state index in [4.69, 9.17) is 10.3 Å². The molecule has 0 aliphatic heterocycles. The van der Waals surface area contributed by atoms with Gasteiger partial charge in [-0.25, -0.2) is 4.68 Å². The number of hydrogen-bond acceptors (Lipinski definition) is 5. The van der Waals surface area contributed by atoms with Gasteiger partial charge in [-0.05, 0) is 23.8 Å². The maximum absolute atomic E-state index is 13.0. The average Bonchev–Trinajstić information content (AvgIpc) is 3.14. The van der Waals surface area contributed by atoms with Gasteiger partial charge in [0.25, 0.3) is 0 Å². The number of nitrogens with zero attached hydrogens (tertiary/aromatic N) is 3. The molecule has 3 aromatic rings. The van der Waals surface area contributed by atoms with E-state index in [0.29, 0.717) is 16.7 Å². The third-order valence-corrected chi connectivity index (χ3v) is 4.08. The molecule has 0 aliphatic rings. The lowest BCUT2D eigenvalue weighted by molar-refractivity contribution is -0.138. The Bertz CT molecular complexity index is 799. The molecule has 0 saturated carbocycles. The standard InChI is InChI=1S/C14H11F3N4OS/c15-14(16,17)10-5-2-1-4-9(10)8-23-13-20-19-12(21(13)18)11-6-3-7-22-11/h1-7H,8,18H2. The Morgan fingerprint density at radius 1 is 1.13 bits per heavy atom. The third-order valence-electron chi connectivity index (χ3n) is 3.09. The zero-order valence-electron chi connectivity index (χ0n) is 11.6. The Labute approximate surface area is 133 Å². The molecule has 0 amide bonds. The van der Waals surface area contributed by atoms with Crippen molar-refractivity contribution in [2.24, 2.45) is 0 Å². The number of alkyl halides is 3. The highest BCUT2D eigenvalue weighted by molar-refractivity contribution is 7.98. The van der Waals surface area contributed by atoms with E-state index < -0.39 is 11.7 Å². The van der Waals surface area contributed by atoms with Gasteiger partial charge in [0.15, 0.2) is 5.76 Å². The van der Waals surface area contributed by atoms with Gasteiger partial charge in [-0.15, -0.1) is 10.2 Å². The molecule has 5 nitrogen and oxygen atoms in total. The number of furan rings is 1. The van der Waals surface area contributed by atoms with Gasteiger partial charge in [0.05, 0.1) is 11.8 Å². The zero-order valence-corrected chi connectivity index (χ0v) is 12.4. The van der Waals surface area contributed by atoms with Gasteiger partial charge >= 0.3 is 6.18 Å². The lowest BCUT2D eigenvalue weighted by atomic mass is 10.1. The van der Waals surface area contributed by atoms with Crippen molar-refractivity contribution < 1.29 is 17.6 Å². The van der Waals surface area contributed by atoms with Crippen LogP contribution in [-0.4, -0.2) is 14.9 Å². The fraction of sp³-hybridized carbons (Fsp3) is 0.143. The highest BCUT2D eigenvalue weighted by Gasteiger charge is 2.32. The van der Waals surface area contributed by atoms with E-state index in [1.54, 1.807) is 18.2 Å². The lowest BCUT2D eigenvalue weighted by Gasteiger charge is -2.11. The fourth-order valence-corrected chi connectivity index (χ4v) is 2.87. The van der Waals surface area contributed by atoms with E-state index in [0.717, 1.165) is 17.8 Å². The summed E-state index contributed by atoms with van der Waals surface area (Å²) in [5.74, 6) is 6.68. The van der Waals surface area contributed by atoms with Crippen LogP contribution in [0.3, 0.4) is 0 Å². The predicted octanol–water partition coefficient (Wildman–Crippen LogP) is 3.56. The molecule has 2 heterocycles. The van der Waals surface area contributed by atoms with Crippen molar-refractivity contribution in [2.45, 2.75) is 17.1 Å². The first-order valence-electron chi connectivity index (χ1n) is 6.49. The first-order chi connectivity index (χ1) is 11.0. The van der Waals surface area contributed by atoms with Gasteiger partial charge in [0, 0.05) is 5.75 Å². The van der Waals surface area contributed by atoms with Crippen LogP contribution in [0.2, 0.25) is 0 Å². The van der Waals surface area contributed by atoms with Gasteiger partial charge in [0.2, 0.25) is 11.0 Å². The minimum atomic E-state index is -4.40. The van der Waals surface area contributed by atoms with Crippen molar-refractivity contribution in [3.8, 4) is 11.6 Å². The summed E-state index contributed by atoms with van der Waals surface area (Å²) in [6.07, 6.45) is -2.93. The molecule has 0 atom stereocenters. The second-order valence-electron chi connectivity index (χ2n) is 4.60. The second-order valence-corrected chi connectivity index (χ2v) is 5.54. The van der Waals surface area contributed by atoms with Gasteiger partial charge in [-0.2, -0.15) is 13.2 Å². The summed E-state index contributed by atoms with van der Waals surface area (Å²) in [6.45, 7) is 0. The van der Waals surface area contributed by atoms with Crippen LogP contribution in [0.5, 0.6) is 0 Å². The van der Waals surface area contributed by atoms with E-state index >= 15 is 0 Å². The summed E-state index contributed by atoms with van der Waals surface area (Å²) in [6, 6.07) is 8.75. The quantitative estimate of drug-likeness (QED) is 0.581.